The van der Waals surface area contributed by atoms with E-state index in [4.69, 9.17) is 14.5 Å². The maximum Gasteiger partial charge on any atom is 0.259 e. The average molecular weight is 428 g/mol. The van der Waals surface area contributed by atoms with Crippen LogP contribution in [0, 0.1) is 6.92 Å². The summed E-state index contributed by atoms with van der Waals surface area (Å²) in [4.78, 5) is 17.5. The van der Waals surface area contributed by atoms with Crippen LogP contribution in [0.1, 0.15) is 22.8 Å². The molecular weight excluding hydrogens is 402 g/mol. The van der Waals surface area contributed by atoms with Crippen LogP contribution in [0.4, 0.5) is 17.2 Å². The second-order valence-corrected chi connectivity index (χ2v) is 7.29. The van der Waals surface area contributed by atoms with Crippen molar-refractivity contribution in [2.75, 3.05) is 24.4 Å². The minimum absolute atomic E-state index is 0.211. The monoisotopic (exact) mass is 427 g/mol. The summed E-state index contributed by atoms with van der Waals surface area (Å²) >= 11 is 0. The zero-order valence-corrected chi connectivity index (χ0v) is 18.3. The van der Waals surface area contributed by atoms with Crippen molar-refractivity contribution in [1.29, 1.82) is 0 Å². The number of pyridine rings is 1. The quantitative estimate of drug-likeness (QED) is 0.381. The number of ether oxygens (including phenoxy) is 2. The number of aryl methyl sites for hydroxylation is 1. The first-order valence-corrected chi connectivity index (χ1v) is 10.4. The van der Waals surface area contributed by atoms with Crippen molar-refractivity contribution in [1.82, 2.24) is 4.98 Å². The van der Waals surface area contributed by atoms with Crippen LogP contribution in [0.25, 0.3) is 10.9 Å². The van der Waals surface area contributed by atoms with Gasteiger partial charge in [0.2, 0.25) is 0 Å². The van der Waals surface area contributed by atoms with Crippen molar-refractivity contribution < 1.29 is 14.3 Å². The van der Waals surface area contributed by atoms with Gasteiger partial charge in [-0.2, -0.15) is 0 Å². The van der Waals surface area contributed by atoms with E-state index < -0.39 is 0 Å². The zero-order chi connectivity index (χ0) is 22.5. The van der Waals surface area contributed by atoms with E-state index in [1.165, 1.54) is 0 Å². The first-order chi connectivity index (χ1) is 15.6. The van der Waals surface area contributed by atoms with Gasteiger partial charge >= 0.3 is 0 Å². The maximum atomic E-state index is 12.8. The van der Waals surface area contributed by atoms with Crippen LogP contribution >= 0.6 is 0 Å². The Morgan fingerprint density at radius 2 is 1.72 bits per heavy atom. The molecule has 0 atom stereocenters. The summed E-state index contributed by atoms with van der Waals surface area (Å²) in [6.07, 6.45) is 0. The van der Waals surface area contributed by atoms with Gasteiger partial charge in [0, 0.05) is 16.8 Å². The van der Waals surface area contributed by atoms with Crippen LogP contribution in [0.15, 0.2) is 72.8 Å². The topological polar surface area (TPSA) is 72.5 Å². The molecule has 0 aliphatic carbocycles. The molecule has 162 valence electrons. The number of hydrogen-bond donors (Lipinski definition) is 2. The van der Waals surface area contributed by atoms with Crippen molar-refractivity contribution in [3.63, 3.8) is 0 Å². The van der Waals surface area contributed by atoms with Crippen LogP contribution < -0.4 is 20.1 Å². The third-order valence-corrected chi connectivity index (χ3v) is 5.07. The van der Waals surface area contributed by atoms with Crippen molar-refractivity contribution in [2.24, 2.45) is 0 Å². The molecule has 0 spiro atoms. The molecule has 1 amide bonds. The summed E-state index contributed by atoms with van der Waals surface area (Å²) in [5, 5.41) is 7.27. The van der Waals surface area contributed by atoms with Gasteiger partial charge in [-0.25, -0.2) is 4.98 Å². The molecule has 2 N–H and O–H groups in total. The standard InChI is InChI=1S/C26H25N3O3/c1-4-32-24-8-6-5-7-21(24)26(30)28-19-11-14-23-22(16-19)17(2)15-25(29-23)27-18-9-12-20(31-3)13-10-18/h5-16H,4H2,1-3H3,(H,27,29)(H,28,30). The minimum Gasteiger partial charge on any atom is -0.497 e. The number of methoxy groups -OCH3 is 1. The van der Waals surface area contributed by atoms with Crippen molar-refractivity contribution >= 4 is 34.0 Å². The summed E-state index contributed by atoms with van der Waals surface area (Å²) in [5.74, 6) is 1.91. The number of aromatic nitrogens is 1. The predicted molar refractivity (Wildman–Crippen MR) is 128 cm³/mol. The van der Waals surface area contributed by atoms with E-state index in [1.54, 1.807) is 19.2 Å². The average Bonchev–Trinajstić information content (AvgIpc) is 2.80. The van der Waals surface area contributed by atoms with Gasteiger partial charge in [-0.05, 0) is 80.1 Å². The number of nitrogens with zero attached hydrogens (tertiary/aromatic N) is 1. The van der Waals surface area contributed by atoms with E-state index in [0.717, 1.165) is 33.7 Å². The minimum atomic E-state index is -0.211. The number of amides is 1. The van der Waals surface area contributed by atoms with E-state index in [2.05, 4.69) is 10.6 Å². The highest BCUT2D eigenvalue weighted by Crippen LogP contribution is 2.27. The molecule has 1 aromatic heterocycles. The summed E-state index contributed by atoms with van der Waals surface area (Å²) in [7, 11) is 1.64. The first kappa shape index (κ1) is 21.2. The summed E-state index contributed by atoms with van der Waals surface area (Å²) in [5.41, 5.74) is 4.03. The van der Waals surface area contributed by atoms with E-state index in [1.807, 2.05) is 74.5 Å². The molecular formula is C26H25N3O3. The van der Waals surface area contributed by atoms with Gasteiger partial charge in [0.1, 0.15) is 17.3 Å². The molecule has 0 fully saturated rings. The van der Waals surface area contributed by atoms with Crippen molar-refractivity contribution in [2.45, 2.75) is 13.8 Å². The number of nitrogens with one attached hydrogen (secondary N) is 2. The molecule has 4 rings (SSSR count). The number of carbonyl (C=O) groups excluding carboxylic acids is 1. The van der Waals surface area contributed by atoms with Gasteiger partial charge in [0.05, 0.1) is 24.8 Å². The number of rotatable bonds is 7. The van der Waals surface area contributed by atoms with Crippen LogP contribution in [0.2, 0.25) is 0 Å². The second-order valence-electron chi connectivity index (χ2n) is 7.29. The van der Waals surface area contributed by atoms with E-state index in [-0.39, 0.29) is 5.91 Å². The van der Waals surface area contributed by atoms with E-state index in [9.17, 15) is 4.79 Å². The Morgan fingerprint density at radius 1 is 0.969 bits per heavy atom. The molecule has 0 bridgehead atoms. The number of fused-ring (bicyclic) bond motifs is 1. The fourth-order valence-corrected chi connectivity index (χ4v) is 3.49. The van der Waals surface area contributed by atoms with Gasteiger partial charge in [0.15, 0.2) is 0 Å². The molecule has 0 radical (unpaired) electrons. The summed E-state index contributed by atoms with van der Waals surface area (Å²) in [6.45, 7) is 4.42. The number of hydrogen-bond acceptors (Lipinski definition) is 5. The normalized spacial score (nSPS) is 10.6. The number of benzene rings is 3. The fourth-order valence-electron chi connectivity index (χ4n) is 3.49. The highest BCUT2D eigenvalue weighted by atomic mass is 16.5. The Labute approximate surface area is 187 Å². The maximum absolute atomic E-state index is 12.8. The van der Waals surface area contributed by atoms with Crippen LogP contribution in [-0.2, 0) is 0 Å². The van der Waals surface area contributed by atoms with Gasteiger partial charge in [-0.15, -0.1) is 0 Å². The van der Waals surface area contributed by atoms with Crippen LogP contribution in [0.3, 0.4) is 0 Å². The smallest absolute Gasteiger partial charge is 0.259 e. The lowest BCUT2D eigenvalue weighted by Crippen LogP contribution is -2.13. The zero-order valence-electron chi connectivity index (χ0n) is 18.3. The number of carbonyl (C=O) groups is 1. The Kier molecular flexibility index (Phi) is 6.22. The Morgan fingerprint density at radius 3 is 2.47 bits per heavy atom. The largest absolute Gasteiger partial charge is 0.497 e. The van der Waals surface area contributed by atoms with Crippen molar-refractivity contribution in [3.05, 3.63) is 83.9 Å². The van der Waals surface area contributed by atoms with Gasteiger partial charge in [0.25, 0.3) is 5.91 Å². The van der Waals surface area contributed by atoms with Crippen LogP contribution in [0.5, 0.6) is 11.5 Å². The fraction of sp³-hybridized carbons (Fsp3) is 0.154. The predicted octanol–water partition coefficient (Wildman–Crippen LogP) is 5.95. The lowest BCUT2D eigenvalue weighted by atomic mass is 10.1. The molecule has 6 nitrogen and oxygen atoms in total. The molecule has 32 heavy (non-hydrogen) atoms. The number of para-hydroxylation sites is 1. The van der Waals surface area contributed by atoms with E-state index >= 15 is 0 Å². The summed E-state index contributed by atoms with van der Waals surface area (Å²) in [6, 6.07) is 22.6. The molecule has 0 saturated heterocycles. The lowest BCUT2D eigenvalue weighted by molar-refractivity contribution is 0.102. The molecule has 0 unspecified atom stereocenters. The third-order valence-electron chi connectivity index (χ3n) is 5.07. The molecule has 1 heterocycles. The second kappa shape index (κ2) is 9.39. The number of anilines is 3. The molecule has 0 saturated carbocycles. The molecule has 0 aliphatic rings. The van der Waals surface area contributed by atoms with Gasteiger partial charge < -0.3 is 20.1 Å². The SMILES string of the molecule is CCOc1ccccc1C(=O)Nc1ccc2nc(Nc3ccc(OC)cc3)cc(C)c2c1. The molecule has 4 aromatic rings. The molecule has 3 aromatic carbocycles. The Hall–Kier alpha value is -4.06. The third kappa shape index (κ3) is 4.64. The summed E-state index contributed by atoms with van der Waals surface area (Å²) < 4.78 is 10.8. The highest BCUT2D eigenvalue weighted by Gasteiger charge is 2.13. The Bertz CT molecular complexity index is 1250. The molecule has 6 heteroatoms. The van der Waals surface area contributed by atoms with Crippen molar-refractivity contribution in [3.8, 4) is 11.5 Å². The highest BCUT2D eigenvalue weighted by molar-refractivity contribution is 6.07. The first-order valence-electron chi connectivity index (χ1n) is 10.4. The van der Waals surface area contributed by atoms with E-state index in [0.29, 0.717) is 23.6 Å². The van der Waals surface area contributed by atoms with Gasteiger partial charge in [-0.1, -0.05) is 12.1 Å². The van der Waals surface area contributed by atoms with Gasteiger partial charge in [-0.3, -0.25) is 4.79 Å². The molecule has 0 aliphatic heterocycles. The lowest BCUT2D eigenvalue weighted by Gasteiger charge is -2.13. The van der Waals surface area contributed by atoms with Crippen LogP contribution in [-0.4, -0.2) is 24.6 Å². The Balaban J connectivity index is 1.56.